The van der Waals surface area contributed by atoms with Crippen LogP contribution >= 0.6 is 11.3 Å². The molecule has 0 aliphatic carbocycles. The van der Waals surface area contributed by atoms with Crippen molar-refractivity contribution >= 4 is 27.4 Å². The highest BCUT2D eigenvalue weighted by atomic mass is 32.1. The van der Waals surface area contributed by atoms with Crippen molar-refractivity contribution in [1.29, 1.82) is 0 Å². The van der Waals surface area contributed by atoms with Crippen molar-refractivity contribution in [1.82, 2.24) is 9.97 Å². The Morgan fingerprint density at radius 1 is 1.00 bits per heavy atom. The number of aromatic hydroxyl groups is 1. The number of aryl methyl sites for hydroxylation is 1. The Bertz CT molecular complexity index is 1010. The van der Waals surface area contributed by atoms with E-state index in [0.717, 1.165) is 38.5 Å². The van der Waals surface area contributed by atoms with Crippen LogP contribution < -0.4 is 5.32 Å². The predicted octanol–water partition coefficient (Wildman–Crippen LogP) is 4.98. The number of hydrogen-bond acceptors (Lipinski definition) is 5. The van der Waals surface area contributed by atoms with Crippen LogP contribution in [0.5, 0.6) is 5.75 Å². The fourth-order valence-corrected chi connectivity index (χ4v) is 3.80. The SMILES string of the molecule is Cc1nc(NCc2ccc(O)cc2)c2c(-c3ccccc3)csc2n1. The van der Waals surface area contributed by atoms with Gasteiger partial charge in [0.1, 0.15) is 22.2 Å². The summed E-state index contributed by atoms with van der Waals surface area (Å²) in [5.41, 5.74) is 3.39. The van der Waals surface area contributed by atoms with Gasteiger partial charge in [0.2, 0.25) is 0 Å². The predicted molar refractivity (Wildman–Crippen MR) is 103 cm³/mol. The van der Waals surface area contributed by atoms with Crippen molar-refractivity contribution in [3.05, 3.63) is 71.4 Å². The number of phenolic OH excluding ortho intramolecular Hbond substituents is 1. The summed E-state index contributed by atoms with van der Waals surface area (Å²) in [6.07, 6.45) is 0. The molecule has 0 saturated heterocycles. The first-order chi connectivity index (χ1) is 12.2. The first-order valence-electron chi connectivity index (χ1n) is 8.04. The maximum absolute atomic E-state index is 9.41. The molecule has 0 radical (unpaired) electrons. The summed E-state index contributed by atoms with van der Waals surface area (Å²) in [6, 6.07) is 17.5. The second-order valence-corrected chi connectivity index (χ2v) is 6.69. The molecular weight excluding hydrogens is 330 g/mol. The minimum atomic E-state index is 0.271. The van der Waals surface area contributed by atoms with Crippen molar-refractivity contribution in [2.24, 2.45) is 0 Å². The zero-order valence-corrected chi connectivity index (χ0v) is 14.5. The molecule has 0 amide bonds. The Hall–Kier alpha value is -2.92. The van der Waals surface area contributed by atoms with Gasteiger partial charge in [-0.05, 0) is 30.2 Å². The van der Waals surface area contributed by atoms with E-state index in [1.807, 2.05) is 37.3 Å². The average Bonchev–Trinajstić information content (AvgIpc) is 3.05. The Labute approximate surface area is 149 Å². The number of fused-ring (bicyclic) bond motifs is 1. The average molecular weight is 347 g/mol. The fourth-order valence-electron chi connectivity index (χ4n) is 2.81. The quantitative estimate of drug-likeness (QED) is 0.546. The van der Waals surface area contributed by atoms with E-state index >= 15 is 0 Å². The molecule has 0 fully saturated rings. The van der Waals surface area contributed by atoms with E-state index in [4.69, 9.17) is 0 Å². The Kier molecular flexibility index (Phi) is 4.07. The molecule has 124 valence electrons. The number of nitrogens with zero attached hydrogens (tertiary/aromatic N) is 2. The number of thiophene rings is 1. The summed E-state index contributed by atoms with van der Waals surface area (Å²) in [6.45, 7) is 2.54. The summed E-state index contributed by atoms with van der Waals surface area (Å²) in [5, 5.41) is 16.0. The molecule has 2 N–H and O–H groups in total. The Morgan fingerprint density at radius 3 is 2.52 bits per heavy atom. The van der Waals surface area contributed by atoms with Gasteiger partial charge in [0.05, 0.1) is 5.39 Å². The lowest BCUT2D eigenvalue weighted by Gasteiger charge is -2.10. The zero-order chi connectivity index (χ0) is 17.2. The van der Waals surface area contributed by atoms with Crippen LogP contribution in [0.2, 0.25) is 0 Å². The zero-order valence-electron chi connectivity index (χ0n) is 13.7. The van der Waals surface area contributed by atoms with Crippen LogP contribution in [0.3, 0.4) is 0 Å². The maximum atomic E-state index is 9.41. The summed E-state index contributed by atoms with van der Waals surface area (Å²) in [5.74, 6) is 1.87. The molecule has 0 atom stereocenters. The van der Waals surface area contributed by atoms with Gasteiger partial charge in [-0.15, -0.1) is 11.3 Å². The number of rotatable bonds is 4. The minimum Gasteiger partial charge on any atom is -0.508 e. The standard InChI is InChI=1S/C20H17N3OS/c1-13-22-19(21-11-14-7-9-16(24)10-8-14)18-17(12-25-20(18)23-13)15-5-3-2-4-6-15/h2-10,12,24H,11H2,1H3,(H,21,22,23). The van der Waals surface area contributed by atoms with Crippen LogP contribution in [-0.4, -0.2) is 15.1 Å². The topological polar surface area (TPSA) is 58.0 Å². The Morgan fingerprint density at radius 2 is 1.76 bits per heavy atom. The van der Waals surface area contributed by atoms with Crippen molar-refractivity contribution < 1.29 is 5.11 Å². The van der Waals surface area contributed by atoms with Gasteiger partial charge in [-0.2, -0.15) is 0 Å². The lowest BCUT2D eigenvalue weighted by atomic mass is 10.1. The van der Waals surface area contributed by atoms with Crippen molar-refractivity contribution in [2.45, 2.75) is 13.5 Å². The number of benzene rings is 2. The molecular formula is C20H17N3OS. The van der Waals surface area contributed by atoms with Gasteiger partial charge in [-0.25, -0.2) is 9.97 Å². The second kappa shape index (κ2) is 6.53. The molecule has 4 nitrogen and oxygen atoms in total. The van der Waals surface area contributed by atoms with Crippen molar-refractivity contribution in [3.63, 3.8) is 0 Å². The second-order valence-electron chi connectivity index (χ2n) is 5.83. The van der Waals surface area contributed by atoms with Crippen molar-refractivity contribution in [2.75, 3.05) is 5.32 Å². The monoisotopic (exact) mass is 347 g/mol. The molecule has 4 aromatic rings. The van der Waals surface area contributed by atoms with E-state index in [2.05, 4.69) is 32.8 Å². The van der Waals surface area contributed by atoms with Gasteiger partial charge in [0, 0.05) is 17.5 Å². The molecule has 0 bridgehead atoms. The van der Waals surface area contributed by atoms with Gasteiger partial charge < -0.3 is 10.4 Å². The molecule has 25 heavy (non-hydrogen) atoms. The summed E-state index contributed by atoms with van der Waals surface area (Å²) < 4.78 is 0. The highest BCUT2D eigenvalue weighted by Gasteiger charge is 2.14. The van der Waals surface area contributed by atoms with E-state index in [9.17, 15) is 5.11 Å². The molecule has 2 heterocycles. The van der Waals surface area contributed by atoms with Crippen LogP contribution in [0.15, 0.2) is 60.0 Å². The molecule has 2 aromatic carbocycles. The fraction of sp³-hybridized carbons (Fsp3) is 0.100. The minimum absolute atomic E-state index is 0.271. The molecule has 2 aromatic heterocycles. The highest BCUT2D eigenvalue weighted by Crippen LogP contribution is 2.37. The highest BCUT2D eigenvalue weighted by molar-refractivity contribution is 7.17. The molecule has 5 heteroatoms. The van der Waals surface area contributed by atoms with Gasteiger partial charge in [0.25, 0.3) is 0 Å². The number of hydrogen-bond donors (Lipinski definition) is 2. The number of nitrogens with one attached hydrogen (secondary N) is 1. The van der Waals surface area contributed by atoms with Gasteiger partial charge in [-0.1, -0.05) is 42.5 Å². The van der Waals surface area contributed by atoms with Crippen molar-refractivity contribution in [3.8, 4) is 16.9 Å². The third-order valence-corrected chi connectivity index (χ3v) is 4.90. The Balaban J connectivity index is 1.74. The molecule has 4 rings (SSSR count). The molecule has 0 spiro atoms. The van der Waals surface area contributed by atoms with Crippen LogP contribution in [0.1, 0.15) is 11.4 Å². The van der Waals surface area contributed by atoms with E-state index in [1.165, 1.54) is 0 Å². The first-order valence-corrected chi connectivity index (χ1v) is 8.92. The third kappa shape index (κ3) is 3.19. The van der Waals surface area contributed by atoms with E-state index in [-0.39, 0.29) is 5.75 Å². The normalized spacial score (nSPS) is 10.9. The van der Waals surface area contributed by atoms with Crippen LogP contribution in [-0.2, 0) is 6.54 Å². The molecule has 0 aliphatic rings. The molecule has 0 saturated carbocycles. The van der Waals surface area contributed by atoms with Crippen LogP contribution in [0.25, 0.3) is 21.3 Å². The van der Waals surface area contributed by atoms with Gasteiger partial charge in [0.15, 0.2) is 0 Å². The summed E-state index contributed by atoms with van der Waals surface area (Å²) in [7, 11) is 0. The summed E-state index contributed by atoms with van der Waals surface area (Å²) in [4.78, 5) is 10.2. The number of aromatic nitrogens is 2. The van der Waals surface area contributed by atoms with E-state index in [0.29, 0.717) is 6.54 Å². The van der Waals surface area contributed by atoms with E-state index < -0.39 is 0 Å². The summed E-state index contributed by atoms with van der Waals surface area (Å²) >= 11 is 1.64. The third-order valence-electron chi connectivity index (χ3n) is 4.03. The number of anilines is 1. The first kappa shape index (κ1) is 15.6. The number of phenols is 1. The van der Waals surface area contributed by atoms with Crippen LogP contribution in [0.4, 0.5) is 5.82 Å². The molecule has 0 unspecified atom stereocenters. The largest absolute Gasteiger partial charge is 0.508 e. The van der Waals surface area contributed by atoms with Gasteiger partial charge in [-0.3, -0.25) is 0 Å². The lowest BCUT2D eigenvalue weighted by molar-refractivity contribution is 0.475. The van der Waals surface area contributed by atoms with Crippen LogP contribution in [0, 0.1) is 6.92 Å². The smallest absolute Gasteiger partial charge is 0.139 e. The maximum Gasteiger partial charge on any atom is 0.139 e. The molecule has 0 aliphatic heterocycles. The van der Waals surface area contributed by atoms with E-state index in [1.54, 1.807) is 23.5 Å². The lowest BCUT2D eigenvalue weighted by Crippen LogP contribution is -2.03. The van der Waals surface area contributed by atoms with Gasteiger partial charge >= 0.3 is 0 Å².